The van der Waals surface area contributed by atoms with Crippen molar-refractivity contribution in [3.63, 3.8) is 0 Å². The van der Waals surface area contributed by atoms with Gasteiger partial charge in [0.1, 0.15) is 17.2 Å². The average molecular weight is 417 g/mol. The van der Waals surface area contributed by atoms with Gasteiger partial charge in [-0.25, -0.2) is 0 Å². The van der Waals surface area contributed by atoms with Gasteiger partial charge < -0.3 is 19.7 Å². The molecule has 0 spiro atoms. The molecule has 4 rings (SSSR count). The maximum Gasteiger partial charge on any atom is 0.260 e. The van der Waals surface area contributed by atoms with Crippen LogP contribution < -0.4 is 14.8 Å². The van der Waals surface area contributed by atoms with Crippen LogP contribution in [0, 0.1) is 18.8 Å². The number of nitrogens with zero attached hydrogens (tertiary/aromatic N) is 1. The molecule has 0 radical (unpaired) electrons. The first-order valence-electron chi connectivity index (χ1n) is 10.1. The zero-order valence-electron chi connectivity index (χ0n) is 16.8. The summed E-state index contributed by atoms with van der Waals surface area (Å²) in [5, 5.41) is 3.47. The van der Waals surface area contributed by atoms with Crippen molar-refractivity contribution in [3.05, 3.63) is 54.1 Å². The van der Waals surface area contributed by atoms with Crippen molar-refractivity contribution >= 4 is 18.3 Å². The van der Waals surface area contributed by atoms with Crippen LogP contribution in [0.2, 0.25) is 0 Å². The molecule has 2 aromatic rings. The summed E-state index contributed by atoms with van der Waals surface area (Å²) in [5.41, 5.74) is 1.20. The number of likely N-dealkylation sites (tertiary alicyclic amines) is 1. The Morgan fingerprint density at radius 1 is 0.931 bits per heavy atom. The van der Waals surface area contributed by atoms with Gasteiger partial charge in [0.05, 0.1) is 0 Å². The third kappa shape index (κ3) is 5.64. The van der Waals surface area contributed by atoms with Gasteiger partial charge in [0.2, 0.25) is 0 Å². The number of fused-ring (bicyclic) bond motifs is 1. The first kappa shape index (κ1) is 21.5. The van der Waals surface area contributed by atoms with Gasteiger partial charge in [-0.15, -0.1) is 12.4 Å². The Hall–Kier alpha value is -2.24. The van der Waals surface area contributed by atoms with Crippen molar-refractivity contribution in [1.29, 1.82) is 0 Å². The minimum absolute atomic E-state index is 0. The van der Waals surface area contributed by atoms with E-state index in [1.165, 1.54) is 5.56 Å². The molecule has 2 aliphatic heterocycles. The maximum atomic E-state index is 12.5. The summed E-state index contributed by atoms with van der Waals surface area (Å²) in [6.45, 7) is 6.01. The number of carbonyl (C=O) groups is 1. The number of ether oxygens (including phenoxy) is 2. The van der Waals surface area contributed by atoms with E-state index < -0.39 is 0 Å². The standard InChI is InChI=1S/C23H28N2O3.ClH/c1-17-2-4-21(5-3-17)28-22-8-6-20(7-9-22)27-16-23(26)25-12-10-18-14-24-15-19(18)11-13-25;/h2-9,18-19,24H,10-16H2,1H3;1H/t18-,19+;. The van der Waals surface area contributed by atoms with E-state index in [4.69, 9.17) is 9.47 Å². The van der Waals surface area contributed by atoms with Crippen LogP contribution >= 0.6 is 12.4 Å². The van der Waals surface area contributed by atoms with Gasteiger partial charge >= 0.3 is 0 Å². The second kappa shape index (κ2) is 9.99. The van der Waals surface area contributed by atoms with Gasteiger partial charge in [-0.3, -0.25) is 4.79 Å². The lowest BCUT2D eigenvalue weighted by atomic mass is 9.92. The smallest absolute Gasteiger partial charge is 0.260 e. The topological polar surface area (TPSA) is 50.8 Å². The van der Waals surface area contributed by atoms with Gasteiger partial charge in [0.15, 0.2) is 6.61 Å². The number of amides is 1. The van der Waals surface area contributed by atoms with E-state index >= 15 is 0 Å². The summed E-state index contributed by atoms with van der Waals surface area (Å²) in [6.07, 6.45) is 2.18. The van der Waals surface area contributed by atoms with E-state index in [1.807, 2.05) is 60.4 Å². The highest BCUT2D eigenvalue weighted by Crippen LogP contribution is 2.27. The summed E-state index contributed by atoms with van der Waals surface area (Å²) in [6, 6.07) is 15.3. The highest BCUT2D eigenvalue weighted by molar-refractivity contribution is 5.85. The second-order valence-corrected chi connectivity index (χ2v) is 7.81. The summed E-state index contributed by atoms with van der Waals surface area (Å²) in [4.78, 5) is 14.5. The predicted molar refractivity (Wildman–Crippen MR) is 116 cm³/mol. The second-order valence-electron chi connectivity index (χ2n) is 7.81. The first-order valence-corrected chi connectivity index (χ1v) is 10.1. The van der Waals surface area contributed by atoms with Crippen LogP contribution in [0.15, 0.2) is 48.5 Å². The number of carbonyl (C=O) groups excluding carboxylic acids is 1. The minimum atomic E-state index is 0. The number of halogens is 1. The Labute approximate surface area is 178 Å². The van der Waals surface area contributed by atoms with E-state index in [1.54, 1.807) is 0 Å². The lowest BCUT2D eigenvalue weighted by molar-refractivity contribution is -0.133. The lowest BCUT2D eigenvalue weighted by Gasteiger charge is -2.21. The van der Waals surface area contributed by atoms with Crippen LogP contribution in [0.25, 0.3) is 0 Å². The molecule has 1 N–H and O–H groups in total. The predicted octanol–water partition coefficient (Wildman–Crippen LogP) is 4.05. The summed E-state index contributed by atoms with van der Waals surface area (Å²) < 4.78 is 11.5. The zero-order chi connectivity index (χ0) is 19.3. The van der Waals surface area contributed by atoms with Crippen LogP contribution in [0.5, 0.6) is 17.2 Å². The molecule has 6 heteroatoms. The zero-order valence-corrected chi connectivity index (χ0v) is 17.6. The Morgan fingerprint density at radius 2 is 1.45 bits per heavy atom. The van der Waals surface area contributed by atoms with E-state index in [-0.39, 0.29) is 24.9 Å². The fourth-order valence-corrected chi connectivity index (χ4v) is 4.05. The van der Waals surface area contributed by atoms with Gasteiger partial charge in [-0.2, -0.15) is 0 Å². The molecule has 0 bridgehead atoms. The number of hydrogen-bond acceptors (Lipinski definition) is 4. The molecule has 29 heavy (non-hydrogen) atoms. The molecular weight excluding hydrogens is 388 g/mol. The van der Waals surface area contributed by atoms with E-state index in [9.17, 15) is 4.79 Å². The number of benzene rings is 2. The molecule has 1 amide bonds. The third-order valence-electron chi connectivity index (χ3n) is 5.81. The maximum absolute atomic E-state index is 12.5. The largest absolute Gasteiger partial charge is 0.484 e. The highest BCUT2D eigenvalue weighted by atomic mass is 35.5. The van der Waals surface area contributed by atoms with Crippen LogP contribution in [0.1, 0.15) is 18.4 Å². The summed E-state index contributed by atoms with van der Waals surface area (Å²) >= 11 is 0. The van der Waals surface area contributed by atoms with Crippen molar-refractivity contribution in [2.45, 2.75) is 19.8 Å². The molecule has 5 nitrogen and oxygen atoms in total. The molecule has 2 atom stereocenters. The van der Waals surface area contributed by atoms with Crippen LogP contribution in [0.3, 0.4) is 0 Å². The Kier molecular flexibility index (Phi) is 7.40. The number of nitrogens with one attached hydrogen (secondary N) is 1. The van der Waals surface area contributed by atoms with Crippen LogP contribution in [-0.2, 0) is 4.79 Å². The van der Waals surface area contributed by atoms with Crippen molar-refractivity contribution in [2.24, 2.45) is 11.8 Å². The molecule has 0 aliphatic carbocycles. The number of aryl methyl sites for hydroxylation is 1. The molecule has 2 aromatic carbocycles. The molecule has 156 valence electrons. The molecular formula is C23H29ClN2O3. The van der Waals surface area contributed by atoms with Crippen molar-refractivity contribution in [2.75, 3.05) is 32.8 Å². The van der Waals surface area contributed by atoms with E-state index in [0.717, 1.165) is 62.4 Å². The number of rotatable bonds is 5. The third-order valence-corrected chi connectivity index (χ3v) is 5.81. The molecule has 2 saturated heterocycles. The van der Waals surface area contributed by atoms with Crippen molar-refractivity contribution in [1.82, 2.24) is 10.2 Å². The molecule has 2 heterocycles. The van der Waals surface area contributed by atoms with Gasteiger partial charge in [-0.05, 0) is 81.1 Å². The number of hydrogen-bond donors (Lipinski definition) is 1. The van der Waals surface area contributed by atoms with Gasteiger partial charge in [-0.1, -0.05) is 17.7 Å². The van der Waals surface area contributed by atoms with Crippen molar-refractivity contribution < 1.29 is 14.3 Å². The van der Waals surface area contributed by atoms with Crippen LogP contribution in [0.4, 0.5) is 0 Å². The Balaban J connectivity index is 0.00000240. The molecule has 0 aromatic heterocycles. The Morgan fingerprint density at radius 3 is 2.03 bits per heavy atom. The quantitative estimate of drug-likeness (QED) is 0.799. The van der Waals surface area contributed by atoms with E-state index in [0.29, 0.717) is 5.75 Å². The van der Waals surface area contributed by atoms with Gasteiger partial charge in [0, 0.05) is 13.1 Å². The Bertz CT molecular complexity index is 781. The van der Waals surface area contributed by atoms with Gasteiger partial charge in [0.25, 0.3) is 5.91 Å². The van der Waals surface area contributed by atoms with Crippen LogP contribution in [-0.4, -0.2) is 43.6 Å². The lowest BCUT2D eigenvalue weighted by Crippen LogP contribution is -2.36. The van der Waals surface area contributed by atoms with Crippen molar-refractivity contribution in [3.8, 4) is 17.2 Å². The average Bonchev–Trinajstić information content (AvgIpc) is 3.07. The minimum Gasteiger partial charge on any atom is -0.484 e. The molecule has 0 saturated carbocycles. The van der Waals surface area contributed by atoms with E-state index in [2.05, 4.69) is 5.32 Å². The normalized spacial score (nSPS) is 20.9. The fraction of sp³-hybridized carbons (Fsp3) is 0.435. The fourth-order valence-electron chi connectivity index (χ4n) is 4.05. The summed E-state index contributed by atoms with van der Waals surface area (Å²) in [5.74, 6) is 3.75. The monoisotopic (exact) mass is 416 g/mol. The first-order chi connectivity index (χ1) is 13.7. The molecule has 2 aliphatic rings. The summed E-state index contributed by atoms with van der Waals surface area (Å²) in [7, 11) is 0. The highest BCUT2D eigenvalue weighted by Gasteiger charge is 2.31. The molecule has 0 unspecified atom stereocenters. The SMILES string of the molecule is Cc1ccc(Oc2ccc(OCC(=O)N3CC[C@@H]4CNC[C@@H]4CC3)cc2)cc1.Cl. The molecule has 2 fully saturated rings.